The van der Waals surface area contributed by atoms with Gasteiger partial charge in [0.2, 0.25) is 0 Å². The van der Waals surface area contributed by atoms with Crippen LogP contribution in [0.15, 0.2) is 36.4 Å². The molecule has 2 bridgehead atoms. The number of carbonyl (C=O) groups excluding carboxylic acids is 3. The highest BCUT2D eigenvalue weighted by Crippen LogP contribution is 2.67. The van der Waals surface area contributed by atoms with Crippen molar-refractivity contribution < 1.29 is 28.6 Å². The predicted molar refractivity (Wildman–Crippen MR) is 159 cm³/mol. The monoisotopic (exact) mass is 582 g/mol. The van der Waals surface area contributed by atoms with E-state index in [1.54, 1.807) is 11.9 Å². The maximum atomic E-state index is 13.6. The Morgan fingerprint density at radius 2 is 1.91 bits per heavy atom. The van der Waals surface area contributed by atoms with Crippen molar-refractivity contribution >= 4 is 17.8 Å². The average molecular weight is 583 g/mol. The molecule has 0 N–H and O–H groups in total. The Bertz CT molecular complexity index is 1590. The number of benzene rings is 2. The predicted octanol–water partition coefficient (Wildman–Crippen LogP) is 3.93. The fourth-order valence-corrected chi connectivity index (χ4v) is 8.60. The third kappa shape index (κ3) is 4.35. The van der Waals surface area contributed by atoms with Crippen LogP contribution in [0.2, 0.25) is 0 Å². The minimum Gasteiger partial charge on any atom is -0.483 e. The molecule has 2 aliphatic heterocycles. The van der Waals surface area contributed by atoms with Crippen LogP contribution in [0.4, 0.5) is 0 Å². The van der Waals surface area contributed by atoms with Crippen LogP contribution < -0.4 is 9.47 Å². The summed E-state index contributed by atoms with van der Waals surface area (Å²) in [5, 5.41) is 0. The molecule has 2 aromatic carbocycles. The van der Waals surface area contributed by atoms with Gasteiger partial charge in [-0.1, -0.05) is 24.1 Å². The number of rotatable bonds is 5. The van der Waals surface area contributed by atoms with E-state index in [0.717, 1.165) is 41.8 Å². The Balaban J connectivity index is 1.33. The zero-order valence-corrected chi connectivity index (χ0v) is 25.3. The van der Waals surface area contributed by atoms with Gasteiger partial charge in [0.25, 0.3) is 5.91 Å². The molecular weight excluding hydrogens is 544 g/mol. The maximum Gasteiger partial charge on any atom is 0.308 e. The number of nitrogens with zero attached hydrogens (tertiary/aromatic N) is 2. The molecule has 43 heavy (non-hydrogen) atoms. The molecular formula is C35H38N2O6. The average Bonchev–Trinajstić information content (AvgIpc) is 3.70. The van der Waals surface area contributed by atoms with Crippen LogP contribution in [0.1, 0.15) is 68.2 Å². The van der Waals surface area contributed by atoms with Crippen molar-refractivity contribution in [2.45, 2.75) is 88.5 Å². The maximum absolute atomic E-state index is 13.6. The first kappa shape index (κ1) is 28.0. The number of amides is 1. The van der Waals surface area contributed by atoms with E-state index in [4.69, 9.17) is 14.2 Å². The van der Waals surface area contributed by atoms with Gasteiger partial charge in [0, 0.05) is 44.5 Å². The number of hydrogen-bond donors (Lipinski definition) is 0. The lowest BCUT2D eigenvalue weighted by Crippen LogP contribution is -2.79. The van der Waals surface area contributed by atoms with Crippen LogP contribution in [0.3, 0.4) is 0 Å². The summed E-state index contributed by atoms with van der Waals surface area (Å²) in [6, 6.07) is 11.3. The molecule has 3 aliphatic carbocycles. The first-order chi connectivity index (χ1) is 20.6. The summed E-state index contributed by atoms with van der Waals surface area (Å²) in [5.74, 6) is 6.46. The molecule has 0 radical (unpaired) electrons. The SMILES string of the molecule is CC(=O)Oc1ccc2c3c1O[C@H]1[C@@H](N(C)C(=O)C#Cc4cccc(C)c4)CC[C@@]4(OC(C)=O)[C@@H](C2)N(CC2CC2)CC[C@]314. The standard InChI is InChI=1S/C35H38N2O6/c1-21-6-5-7-24(18-21)10-13-30(40)36(4)27-14-15-35(43-23(3)39)29-19-26-11-12-28(41-22(2)38)32-31(26)34(35,33(27)42-32)16-17-37(29)20-25-8-9-25/h5-7,11-12,18,25,27,29,33H,8-9,14-17,19-20H2,1-4H3/t27-,29+,33-,34-,35+/m0/s1. The van der Waals surface area contributed by atoms with Crippen molar-refractivity contribution in [1.82, 2.24) is 9.80 Å². The van der Waals surface area contributed by atoms with Crippen molar-refractivity contribution in [3.63, 3.8) is 0 Å². The van der Waals surface area contributed by atoms with Crippen LogP contribution in [-0.2, 0) is 31.0 Å². The number of piperidine rings is 1. The minimum absolute atomic E-state index is 0.00190. The first-order valence-electron chi connectivity index (χ1n) is 15.4. The molecule has 2 heterocycles. The zero-order chi connectivity index (χ0) is 30.1. The minimum atomic E-state index is -0.822. The van der Waals surface area contributed by atoms with Crippen molar-refractivity contribution in [3.8, 4) is 23.3 Å². The van der Waals surface area contributed by atoms with Gasteiger partial charge in [-0.15, -0.1) is 0 Å². The first-order valence-corrected chi connectivity index (χ1v) is 15.4. The van der Waals surface area contributed by atoms with Gasteiger partial charge in [0.1, 0.15) is 11.7 Å². The van der Waals surface area contributed by atoms with Gasteiger partial charge in [-0.25, -0.2) is 0 Å². The van der Waals surface area contributed by atoms with Crippen LogP contribution in [0.5, 0.6) is 11.5 Å². The summed E-state index contributed by atoms with van der Waals surface area (Å²) in [6.07, 6.45) is 4.62. The third-order valence-corrected chi connectivity index (χ3v) is 10.4. The highest BCUT2D eigenvalue weighted by Gasteiger charge is 2.75. The lowest BCUT2D eigenvalue weighted by atomic mass is 9.48. The van der Waals surface area contributed by atoms with Gasteiger partial charge < -0.3 is 19.1 Å². The van der Waals surface area contributed by atoms with Gasteiger partial charge in [0.05, 0.1) is 17.5 Å². The number of hydrogen-bond acceptors (Lipinski definition) is 7. The van der Waals surface area contributed by atoms with E-state index in [0.29, 0.717) is 36.7 Å². The smallest absolute Gasteiger partial charge is 0.308 e. The summed E-state index contributed by atoms with van der Waals surface area (Å²) in [4.78, 5) is 42.9. The quantitative estimate of drug-likeness (QED) is 0.300. The van der Waals surface area contributed by atoms with E-state index < -0.39 is 23.1 Å². The van der Waals surface area contributed by atoms with Crippen LogP contribution >= 0.6 is 0 Å². The van der Waals surface area contributed by atoms with Crippen LogP contribution in [0.25, 0.3) is 0 Å². The Kier molecular flexibility index (Phi) is 6.59. The third-order valence-electron chi connectivity index (χ3n) is 10.4. The Morgan fingerprint density at radius 3 is 2.63 bits per heavy atom. The van der Waals surface area contributed by atoms with Crippen LogP contribution in [-0.4, -0.2) is 71.6 Å². The van der Waals surface area contributed by atoms with Gasteiger partial charge in [-0.2, -0.15) is 0 Å². The summed E-state index contributed by atoms with van der Waals surface area (Å²) >= 11 is 0. The van der Waals surface area contributed by atoms with E-state index >= 15 is 0 Å². The van der Waals surface area contributed by atoms with Gasteiger partial charge in [-0.3, -0.25) is 19.3 Å². The molecule has 5 aliphatic rings. The molecule has 5 atom stereocenters. The van der Waals surface area contributed by atoms with Crippen molar-refractivity contribution in [3.05, 3.63) is 58.7 Å². The van der Waals surface area contributed by atoms with E-state index in [-0.39, 0.29) is 24.0 Å². The van der Waals surface area contributed by atoms with E-state index in [1.165, 1.54) is 26.7 Å². The molecule has 7 rings (SSSR count). The van der Waals surface area contributed by atoms with E-state index in [9.17, 15) is 14.4 Å². The lowest BCUT2D eigenvalue weighted by molar-refractivity contribution is -0.223. The van der Waals surface area contributed by atoms with E-state index in [2.05, 4.69) is 16.7 Å². The van der Waals surface area contributed by atoms with Gasteiger partial charge in [0.15, 0.2) is 11.5 Å². The summed E-state index contributed by atoms with van der Waals surface area (Å²) in [5.41, 5.74) is 2.47. The topological polar surface area (TPSA) is 85.4 Å². The lowest BCUT2D eigenvalue weighted by Gasteiger charge is -2.65. The number of ether oxygens (including phenoxy) is 3. The zero-order valence-electron chi connectivity index (χ0n) is 25.3. The number of aryl methyl sites for hydroxylation is 1. The summed E-state index contributed by atoms with van der Waals surface area (Å²) in [6.45, 7) is 6.71. The fourth-order valence-electron chi connectivity index (χ4n) is 8.60. The summed E-state index contributed by atoms with van der Waals surface area (Å²) < 4.78 is 19.1. The second kappa shape index (κ2) is 10.1. The normalized spacial score (nSPS) is 29.8. The Morgan fingerprint density at radius 1 is 1.09 bits per heavy atom. The van der Waals surface area contributed by atoms with Crippen molar-refractivity contribution in [1.29, 1.82) is 0 Å². The molecule has 2 saturated carbocycles. The summed E-state index contributed by atoms with van der Waals surface area (Å²) in [7, 11) is 1.79. The molecule has 1 saturated heterocycles. The van der Waals surface area contributed by atoms with Crippen LogP contribution in [0, 0.1) is 24.7 Å². The largest absolute Gasteiger partial charge is 0.483 e. The highest BCUT2D eigenvalue weighted by atomic mass is 16.6. The molecule has 224 valence electrons. The number of likely N-dealkylation sites (N-methyl/N-ethyl adjacent to an activating group) is 1. The molecule has 1 amide bonds. The van der Waals surface area contributed by atoms with Gasteiger partial charge >= 0.3 is 11.9 Å². The van der Waals surface area contributed by atoms with Crippen molar-refractivity contribution in [2.24, 2.45) is 5.92 Å². The second-order valence-electron chi connectivity index (χ2n) is 13.1. The van der Waals surface area contributed by atoms with Gasteiger partial charge in [-0.05, 0) is 87.2 Å². The molecule has 8 heteroatoms. The van der Waals surface area contributed by atoms with E-state index in [1.807, 2.05) is 43.3 Å². The Labute approximate surface area is 252 Å². The number of likely N-dealkylation sites (tertiary alicyclic amines) is 1. The second-order valence-corrected chi connectivity index (χ2v) is 13.1. The fraction of sp³-hybridized carbons (Fsp3) is 0.514. The number of carbonyl (C=O) groups is 3. The molecule has 3 fully saturated rings. The number of esters is 2. The molecule has 1 spiro atoms. The van der Waals surface area contributed by atoms with Crippen molar-refractivity contribution in [2.75, 3.05) is 20.1 Å². The molecule has 2 aromatic rings. The Hall–Kier alpha value is -3.83. The molecule has 0 aromatic heterocycles. The highest BCUT2D eigenvalue weighted by molar-refractivity contribution is 5.94. The molecule has 0 unspecified atom stereocenters. The molecule has 8 nitrogen and oxygen atoms in total.